The molecule has 1 atom stereocenters. The third-order valence-electron chi connectivity index (χ3n) is 11.5. The Bertz CT molecular complexity index is 2420. The van der Waals surface area contributed by atoms with Gasteiger partial charge in [0.2, 0.25) is 23.5 Å². The number of H-pyrrole nitrogens is 1. The number of aromatic amines is 1. The van der Waals surface area contributed by atoms with Crippen LogP contribution in [-0.4, -0.2) is 110 Å². The number of likely N-dealkylation sites (tertiary alicyclic amines) is 1. The molecule has 5 amide bonds. The van der Waals surface area contributed by atoms with Crippen LogP contribution in [0.4, 0.5) is 34.1 Å². The first-order chi connectivity index (χ1) is 32.8. The van der Waals surface area contributed by atoms with E-state index in [2.05, 4.69) is 41.9 Å². The summed E-state index contributed by atoms with van der Waals surface area (Å²) in [5, 5.41) is 33.2. The number of nitrogens with one attached hydrogen (secondary N) is 5. The van der Waals surface area contributed by atoms with E-state index in [0.717, 1.165) is 40.7 Å². The highest BCUT2D eigenvalue weighted by Crippen LogP contribution is 2.31. The van der Waals surface area contributed by atoms with Crippen molar-refractivity contribution in [2.75, 3.05) is 30.3 Å². The van der Waals surface area contributed by atoms with Crippen molar-refractivity contribution in [2.24, 2.45) is 17.8 Å². The summed E-state index contributed by atoms with van der Waals surface area (Å²) in [6.45, 7) is 14.3. The number of benzene rings is 3. The lowest BCUT2D eigenvalue weighted by atomic mass is 9.81. The van der Waals surface area contributed by atoms with Crippen LogP contribution in [-0.2, 0) is 35.1 Å². The number of carbonyl (C=O) groups excluding carboxylic acids is 5. The predicted octanol–water partition coefficient (Wildman–Crippen LogP) is 8.06. The Balaban J connectivity index is 0.00000121. The third kappa shape index (κ3) is 16.9. The zero-order chi connectivity index (χ0) is 51.4. The number of halogens is 3. The van der Waals surface area contributed by atoms with Crippen molar-refractivity contribution in [1.82, 2.24) is 36.2 Å². The minimum absolute atomic E-state index is 0.0769. The number of hydrogen-bond donors (Lipinski definition) is 6. The van der Waals surface area contributed by atoms with Crippen molar-refractivity contribution >= 4 is 47.3 Å². The number of hydrogen-bond acceptors (Lipinski definition) is 11. The zero-order valence-corrected chi connectivity index (χ0v) is 40.4. The normalized spacial score (nSPS) is 16.9. The molecule has 21 heteroatoms. The first kappa shape index (κ1) is 53.9. The van der Waals surface area contributed by atoms with Gasteiger partial charge in [0.25, 0.3) is 0 Å². The van der Waals surface area contributed by atoms with E-state index in [9.17, 15) is 37.1 Å². The van der Waals surface area contributed by atoms with Gasteiger partial charge in [-0.15, -0.1) is 10.2 Å². The second kappa shape index (κ2) is 23.5. The number of aryl methyl sites for hydroxylation is 1. The Morgan fingerprint density at radius 3 is 1.89 bits per heavy atom. The number of carboxylic acids is 1. The largest absolute Gasteiger partial charge is 0.490 e. The van der Waals surface area contributed by atoms with E-state index in [1.54, 1.807) is 29.2 Å². The molecule has 70 heavy (non-hydrogen) atoms. The Hall–Kier alpha value is -7.06. The average molecular weight is 978 g/mol. The number of nitrogens with zero attached hydrogens (tertiary/aromatic N) is 4. The molecule has 1 saturated heterocycles. The summed E-state index contributed by atoms with van der Waals surface area (Å²) in [5.74, 6) is -3.21. The van der Waals surface area contributed by atoms with Gasteiger partial charge < -0.3 is 40.7 Å². The molecule has 3 aromatic carbocycles. The smallest absolute Gasteiger partial charge is 0.475 e. The molecule has 18 nitrogen and oxygen atoms in total. The van der Waals surface area contributed by atoms with E-state index < -0.39 is 35.5 Å². The SMILES string of the molecule is Cc1ccc(-c2ccc(C[C@H](NC(=O)[C@H]3CC[C@H](CNC(=O)OC(C)(C)C)CC3)C(=O)Nc3ccc(-c4nn[nH]n4)cc3)cc2)cc1NC(=O)C1CCN(C(=O)OC(C)(C)C)CC1.O=C(O)C(F)(F)F. The molecule has 1 aliphatic heterocycles. The molecule has 0 radical (unpaired) electrons. The van der Waals surface area contributed by atoms with Crippen molar-refractivity contribution in [3.63, 3.8) is 0 Å². The van der Waals surface area contributed by atoms with Gasteiger partial charge in [0, 0.05) is 54.8 Å². The van der Waals surface area contributed by atoms with Gasteiger partial charge in [0.1, 0.15) is 17.2 Å². The highest BCUT2D eigenvalue weighted by molar-refractivity contribution is 5.98. The molecule has 2 heterocycles. The fourth-order valence-corrected chi connectivity index (χ4v) is 7.78. The van der Waals surface area contributed by atoms with E-state index in [4.69, 9.17) is 19.4 Å². The van der Waals surface area contributed by atoms with Crippen LogP contribution < -0.4 is 21.3 Å². The van der Waals surface area contributed by atoms with Crippen molar-refractivity contribution < 1.29 is 56.5 Å². The van der Waals surface area contributed by atoms with E-state index in [-0.39, 0.29) is 48.0 Å². The topological polar surface area (TPSA) is 247 Å². The fourth-order valence-electron chi connectivity index (χ4n) is 7.78. The number of alkyl carbamates (subject to hydrolysis) is 1. The number of aliphatic carboxylic acids is 1. The number of piperidine rings is 1. The van der Waals surface area contributed by atoms with Gasteiger partial charge in [-0.25, -0.2) is 14.4 Å². The number of rotatable bonds is 12. The van der Waals surface area contributed by atoms with Crippen molar-refractivity contribution in [2.45, 2.75) is 117 Å². The molecule has 378 valence electrons. The lowest BCUT2D eigenvalue weighted by molar-refractivity contribution is -0.192. The number of ether oxygens (including phenoxy) is 2. The first-order valence-electron chi connectivity index (χ1n) is 23.0. The summed E-state index contributed by atoms with van der Waals surface area (Å²) in [7, 11) is 0. The maximum Gasteiger partial charge on any atom is 0.490 e. The van der Waals surface area contributed by atoms with Crippen LogP contribution in [0.1, 0.15) is 91.2 Å². The summed E-state index contributed by atoms with van der Waals surface area (Å²) < 4.78 is 42.6. The van der Waals surface area contributed by atoms with Crippen LogP contribution in [0.15, 0.2) is 66.7 Å². The zero-order valence-electron chi connectivity index (χ0n) is 40.4. The maximum atomic E-state index is 13.9. The highest BCUT2D eigenvalue weighted by atomic mass is 19.4. The van der Waals surface area contributed by atoms with Gasteiger partial charge in [-0.05, 0) is 151 Å². The van der Waals surface area contributed by atoms with Crippen molar-refractivity contribution in [3.8, 4) is 22.5 Å². The number of anilines is 2. The molecule has 1 aliphatic carbocycles. The minimum atomic E-state index is -5.08. The predicted molar refractivity (Wildman–Crippen MR) is 253 cm³/mol. The highest BCUT2D eigenvalue weighted by Gasteiger charge is 2.38. The lowest BCUT2D eigenvalue weighted by Crippen LogP contribution is -2.48. The molecule has 0 spiro atoms. The van der Waals surface area contributed by atoms with Crippen LogP contribution in [0.5, 0.6) is 0 Å². The number of alkyl halides is 3. The summed E-state index contributed by atoms with van der Waals surface area (Å²) in [4.78, 5) is 76.4. The second-order valence-corrected chi connectivity index (χ2v) is 19.4. The fraction of sp³-hybridized carbons (Fsp3) is 0.490. The number of carboxylic acid groups (broad SMARTS) is 1. The molecule has 1 aromatic heterocycles. The standard InChI is InChI=1S/C47H61N9O7.C2HF3O2/c1-29-8-13-36(27-38(29)50-42(58)35-22-24-56(25-23-35)45(61)63-47(5,6)7)32-14-9-30(10-15-32)26-39(43(59)49-37-20-18-33(19-21-37)40-52-54-55-53-40)51-41(57)34-16-11-31(12-17-34)28-48-44(60)62-46(2,3)4;3-2(4,5)1(6)7/h8-10,13-15,18-21,27,31,34-35,39H,11-12,16-17,22-26,28H2,1-7H3,(H,48,60)(H,49,59)(H,50,58)(H,51,57)(H,52,53,54,55);(H,6,7)/t31-,34-,39-;/m0./s1. The molecular formula is C49H62F3N9O9. The van der Waals surface area contributed by atoms with Crippen molar-refractivity contribution in [1.29, 1.82) is 0 Å². The minimum Gasteiger partial charge on any atom is -0.475 e. The monoisotopic (exact) mass is 977 g/mol. The average Bonchev–Trinajstić information content (AvgIpc) is 3.84. The quantitative estimate of drug-likeness (QED) is 0.0789. The van der Waals surface area contributed by atoms with E-state index in [0.29, 0.717) is 62.5 Å². The van der Waals surface area contributed by atoms with Gasteiger partial charge in [0.15, 0.2) is 0 Å². The molecule has 4 aromatic rings. The Labute approximate surface area is 404 Å². The summed E-state index contributed by atoms with van der Waals surface area (Å²) >= 11 is 0. The molecule has 1 saturated carbocycles. The molecule has 0 unspecified atom stereocenters. The lowest BCUT2D eigenvalue weighted by Gasteiger charge is -2.33. The number of amides is 5. The number of tetrazole rings is 1. The van der Waals surface area contributed by atoms with Gasteiger partial charge in [-0.2, -0.15) is 18.4 Å². The molecule has 6 N–H and O–H groups in total. The Kier molecular flexibility index (Phi) is 18.1. The van der Waals surface area contributed by atoms with Gasteiger partial charge >= 0.3 is 24.3 Å². The molecule has 6 rings (SSSR count). The molecule has 0 bridgehead atoms. The summed E-state index contributed by atoms with van der Waals surface area (Å²) in [5.41, 5.74) is 4.44. The van der Waals surface area contributed by atoms with Crippen LogP contribution in [0.2, 0.25) is 0 Å². The van der Waals surface area contributed by atoms with Gasteiger partial charge in [-0.1, -0.05) is 36.4 Å². The maximum absolute atomic E-state index is 13.9. The Morgan fingerprint density at radius 2 is 1.33 bits per heavy atom. The van der Waals surface area contributed by atoms with Gasteiger partial charge in [0.05, 0.1) is 0 Å². The molecule has 2 fully saturated rings. The van der Waals surface area contributed by atoms with Crippen LogP contribution in [0, 0.1) is 24.7 Å². The summed E-state index contributed by atoms with van der Waals surface area (Å²) in [6, 6.07) is 19.9. The van der Waals surface area contributed by atoms with Gasteiger partial charge in [-0.3, -0.25) is 14.4 Å². The second-order valence-electron chi connectivity index (χ2n) is 19.4. The van der Waals surface area contributed by atoms with E-state index in [1.807, 2.05) is 90.9 Å². The molecule has 2 aliphatic rings. The van der Waals surface area contributed by atoms with Crippen LogP contribution in [0.3, 0.4) is 0 Å². The third-order valence-corrected chi connectivity index (χ3v) is 11.5. The van der Waals surface area contributed by atoms with Crippen LogP contribution >= 0.6 is 0 Å². The Morgan fingerprint density at radius 1 is 0.757 bits per heavy atom. The van der Waals surface area contributed by atoms with Crippen LogP contribution in [0.25, 0.3) is 22.5 Å². The first-order valence-corrected chi connectivity index (χ1v) is 23.0. The van der Waals surface area contributed by atoms with E-state index in [1.165, 1.54) is 0 Å². The van der Waals surface area contributed by atoms with E-state index >= 15 is 0 Å². The van der Waals surface area contributed by atoms with Crippen molar-refractivity contribution in [3.05, 3.63) is 77.9 Å². The summed E-state index contributed by atoms with van der Waals surface area (Å²) in [6.07, 6.45) is -1.74. The number of aromatic nitrogens is 4. The molecular weight excluding hydrogens is 916 g/mol. The number of carbonyl (C=O) groups is 6.